The highest BCUT2D eigenvalue weighted by molar-refractivity contribution is 5.85. The average Bonchev–Trinajstić information content (AvgIpc) is 2.92. The van der Waals surface area contributed by atoms with Crippen molar-refractivity contribution in [2.75, 3.05) is 5.32 Å². The number of aromatic nitrogens is 3. The van der Waals surface area contributed by atoms with Gasteiger partial charge in [-0.15, -0.1) is 0 Å². The van der Waals surface area contributed by atoms with E-state index in [1.165, 1.54) is 0 Å². The van der Waals surface area contributed by atoms with Crippen molar-refractivity contribution in [3.8, 4) is 5.88 Å². The van der Waals surface area contributed by atoms with E-state index in [0.29, 0.717) is 0 Å². The van der Waals surface area contributed by atoms with Crippen molar-refractivity contribution in [3.63, 3.8) is 0 Å². The van der Waals surface area contributed by atoms with Crippen LogP contribution < -0.4 is 16.6 Å². The lowest BCUT2D eigenvalue weighted by atomic mass is 10.0. The van der Waals surface area contributed by atoms with Crippen molar-refractivity contribution in [1.82, 2.24) is 15.0 Å². The molecule has 0 amide bonds. The molecule has 0 saturated heterocycles. The lowest BCUT2D eigenvalue weighted by molar-refractivity contribution is -0.137. The Hall–Kier alpha value is -3.49. The first-order valence-electron chi connectivity index (χ1n) is 7.05. The molecule has 0 spiro atoms. The Morgan fingerprint density at radius 3 is 2.67 bits per heavy atom. The lowest BCUT2D eigenvalue weighted by Crippen LogP contribution is -2.35. The number of nitrogens with one attached hydrogen (secondary N) is 4. The fraction of sp³-hybridized carbons (Fsp3) is 0.133. The minimum Gasteiger partial charge on any atom is -0.493 e. The summed E-state index contributed by atoms with van der Waals surface area (Å²) in [4.78, 5) is 41.3. The second kappa shape index (κ2) is 5.95. The number of anilines is 1. The molecule has 0 aliphatic rings. The number of carbonyl (C=O) groups is 1. The van der Waals surface area contributed by atoms with Gasteiger partial charge in [0.15, 0.2) is 5.69 Å². The molecular weight excluding hydrogens is 316 g/mol. The van der Waals surface area contributed by atoms with Crippen molar-refractivity contribution in [2.45, 2.75) is 12.5 Å². The number of aromatic hydroxyl groups is 1. The van der Waals surface area contributed by atoms with E-state index >= 15 is 0 Å². The van der Waals surface area contributed by atoms with Gasteiger partial charge < -0.3 is 20.5 Å². The monoisotopic (exact) mass is 330 g/mol. The zero-order chi connectivity index (χ0) is 17.3. The van der Waals surface area contributed by atoms with Gasteiger partial charge in [-0.2, -0.15) is 0 Å². The largest absolute Gasteiger partial charge is 0.493 e. The second-order valence-electron chi connectivity index (χ2n) is 5.23. The van der Waals surface area contributed by atoms with Crippen LogP contribution in [0.2, 0.25) is 0 Å². The SMILES string of the molecule is O=C(O)C(Cc1c[nH]c2ccccc12)Nc1c(O)[nH]c(=O)[nH]c1=O. The van der Waals surface area contributed by atoms with E-state index in [0.717, 1.165) is 16.5 Å². The maximum Gasteiger partial charge on any atom is 0.328 e. The van der Waals surface area contributed by atoms with Crippen molar-refractivity contribution in [1.29, 1.82) is 0 Å². The summed E-state index contributed by atoms with van der Waals surface area (Å²) < 4.78 is 0. The summed E-state index contributed by atoms with van der Waals surface area (Å²) in [7, 11) is 0. The van der Waals surface area contributed by atoms with Crippen LogP contribution in [0.5, 0.6) is 5.88 Å². The summed E-state index contributed by atoms with van der Waals surface area (Å²) in [6, 6.07) is 6.22. The highest BCUT2D eigenvalue weighted by atomic mass is 16.4. The Morgan fingerprint density at radius 1 is 1.21 bits per heavy atom. The highest BCUT2D eigenvalue weighted by Crippen LogP contribution is 2.21. The molecule has 0 bridgehead atoms. The highest BCUT2D eigenvalue weighted by Gasteiger charge is 2.22. The van der Waals surface area contributed by atoms with Gasteiger partial charge in [0.2, 0.25) is 5.88 Å². The Balaban J connectivity index is 1.93. The van der Waals surface area contributed by atoms with Crippen LogP contribution in [0, 0.1) is 0 Å². The number of aliphatic carboxylic acids is 1. The minimum atomic E-state index is -1.20. The zero-order valence-electron chi connectivity index (χ0n) is 12.3. The van der Waals surface area contributed by atoms with E-state index in [4.69, 9.17) is 0 Å². The summed E-state index contributed by atoms with van der Waals surface area (Å²) in [6.07, 6.45) is 1.76. The number of benzene rings is 1. The third-order valence-electron chi connectivity index (χ3n) is 3.64. The summed E-state index contributed by atoms with van der Waals surface area (Å²) in [5, 5.41) is 22.4. The van der Waals surface area contributed by atoms with Crippen LogP contribution in [0.4, 0.5) is 5.69 Å². The lowest BCUT2D eigenvalue weighted by Gasteiger charge is -2.15. The fourth-order valence-corrected chi connectivity index (χ4v) is 2.50. The van der Waals surface area contributed by atoms with Gasteiger partial charge in [0.05, 0.1) is 0 Å². The number of H-pyrrole nitrogens is 3. The van der Waals surface area contributed by atoms with E-state index in [1.54, 1.807) is 6.20 Å². The topological polar surface area (TPSA) is 151 Å². The number of hydrogen-bond acceptors (Lipinski definition) is 5. The van der Waals surface area contributed by atoms with Gasteiger partial charge in [0.25, 0.3) is 5.56 Å². The van der Waals surface area contributed by atoms with E-state index in [9.17, 15) is 24.6 Å². The van der Waals surface area contributed by atoms with E-state index in [-0.39, 0.29) is 6.42 Å². The standard InChI is InChI=1S/C15H14N4O5/c20-12-11(13(21)19-15(24)18-12)17-10(14(22)23)5-7-6-16-9-4-2-1-3-8(7)9/h1-4,6,10,16-17H,5H2,(H,22,23)(H3,18,19,20,21,24). The van der Waals surface area contributed by atoms with E-state index < -0.39 is 34.8 Å². The smallest absolute Gasteiger partial charge is 0.328 e. The van der Waals surface area contributed by atoms with Gasteiger partial charge >= 0.3 is 11.7 Å². The normalized spacial score (nSPS) is 12.2. The minimum absolute atomic E-state index is 0.0668. The molecule has 9 nitrogen and oxygen atoms in total. The molecule has 1 atom stereocenters. The first kappa shape index (κ1) is 15.4. The predicted molar refractivity (Wildman–Crippen MR) is 86.4 cm³/mol. The fourth-order valence-electron chi connectivity index (χ4n) is 2.50. The summed E-state index contributed by atoms with van der Waals surface area (Å²) in [5.74, 6) is -1.92. The van der Waals surface area contributed by atoms with Gasteiger partial charge in [0.1, 0.15) is 6.04 Å². The molecule has 0 saturated carbocycles. The summed E-state index contributed by atoms with van der Waals surface area (Å²) in [5.41, 5.74) is -0.581. The summed E-state index contributed by atoms with van der Waals surface area (Å²) in [6.45, 7) is 0. The van der Waals surface area contributed by atoms with Crippen LogP contribution in [0.3, 0.4) is 0 Å². The number of para-hydroxylation sites is 1. The number of rotatable bonds is 5. The predicted octanol–water partition coefficient (Wildman–Crippen LogP) is 0.358. The maximum atomic E-state index is 11.7. The molecule has 3 rings (SSSR count). The average molecular weight is 330 g/mol. The Morgan fingerprint density at radius 2 is 1.96 bits per heavy atom. The van der Waals surface area contributed by atoms with Crippen LogP contribution in [0.15, 0.2) is 40.1 Å². The molecule has 24 heavy (non-hydrogen) atoms. The third-order valence-corrected chi connectivity index (χ3v) is 3.64. The molecule has 0 radical (unpaired) electrons. The number of carboxylic acids is 1. The first-order chi connectivity index (χ1) is 11.5. The molecule has 124 valence electrons. The Kier molecular flexibility index (Phi) is 3.82. The van der Waals surface area contributed by atoms with Crippen molar-refractivity contribution in [2.24, 2.45) is 0 Å². The molecule has 9 heteroatoms. The molecule has 6 N–H and O–H groups in total. The molecular formula is C15H14N4O5. The van der Waals surface area contributed by atoms with Crippen molar-refractivity contribution < 1.29 is 15.0 Å². The number of fused-ring (bicyclic) bond motifs is 1. The Bertz CT molecular complexity index is 1020. The van der Waals surface area contributed by atoms with Gasteiger partial charge in [-0.3, -0.25) is 14.8 Å². The van der Waals surface area contributed by atoms with Gasteiger partial charge in [-0.05, 0) is 11.6 Å². The van der Waals surface area contributed by atoms with Gasteiger partial charge in [0, 0.05) is 23.5 Å². The second-order valence-corrected chi connectivity index (χ2v) is 5.23. The van der Waals surface area contributed by atoms with E-state index in [2.05, 4.69) is 10.3 Å². The molecule has 2 aromatic heterocycles. The van der Waals surface area contributed by atoms with Gasteiger partial charge in [-0.1, -0.05) is 18.2 Å². The quantitative estimate of drug-likeness (QED) is 0.397. The Labute approximate surface area is 134 Å². The van der Waals surface area contributed by atoms with Crippen LogP contribution in [0.1, 0.15) is 5.56 Å². The van der Waals surface area contributed by atoms with Crippen LogP contribution >= 0.6 is 0 Å². The van der Waals surface area contributed by atoms with Crippen LogP contribution in [-0.4, -0.2) is 37.2 Å². The maximum absolute atomic E-state index is 11.7. The molecule has 0 aliphatic carbocycles. The van der Waals surface area contributed by atoms with Gasteiger partial charge in [-0.25, -0.2) is 9.59 Å². The summed E-state index contributed by atoms with van der Waals surface area (Å²) >= 11 is 0. The van der Waals surface area contributed by atoms with Crippen LogP contribution in [0.25, 0.3) is 10.9 Å². The first-order valence-corrected chi connectivity index (χ1v) is 7.05. The molecule has 0 fully saturated rings. The molecule has 3 aromatic rings. The number of aromatic amines is 3. The molecule has 2 heterocycles. The van der Waals surface area contributed by atoms with E-state index in [1.807, 2.05) is 34.2 Å². The third kappa shape index (κ3) is 2.86. The van der Waals surface area contributed by atoms with Crippen LogP contribution in [-0.2, 0) is 11.2 Å². The number of hydrogen-bond donors (Lipinski definition) is 6. The zero-order valence-corrected chi connectivity index (χ0v) is 12.3. The van der Waals surface area contributed by atoms with Crippen molar-refractivity contribution in [3.05, 3.63) is 56.9 Å². The molecule has 0 aliphatic heterocycles. The number of carboxylic acid groups (broad SMARTS) is 1. The molecule has 1 aromatic carbocycles. The molecule has 1 unspecified atom stereocenters. The van der Waals surface area contributed by atoms with Crippen molar-refractivity contribution >= 4 is 22.6 Å².